The second kappa shape index (κ2) is 5.48. The summed E-state index contributed by atoms with van der Waals surface area (Å²) in [5.41, 5.74) is 0.743. The van der Waals surface area contributed by atoms with Crippen molar-refractivity contribution in [1.29, 1.82) is 0 Å². The molecule has 6 heteroatoms. The zero-order valence-electron chi connectivity index (χ0n) is 10.1. The Balaban J connectivity index is 3.04. The summed E-state index contributed by atoms with van der Waals surface area (Å²) < 4.78 is 31.2. The fourth-order valence-corrected chi connectivity index (χ4v) is 2.71. The van der Waals surface area contributed by atoms with Gasteiger partial charge in [0.15, 0.2) is 0 Å². The lowest BCUT2D eigenvalue weighted by molar-refractivity contribution is 0.265. The van der Waals surface area contributed by atoms with Crippen molar-refractivity contribution in [2.45, 2.75) is 24.8 Å². The topological polar surface area (TPSA) is 75.6 Å². The highest BCUT2D eigenvalue weighted by Crippen LogP contribution is 2.21. The van der Waals surface area contributed by atoms with Crippen molar-refractivity contribution in [1.82, 2.24) is 4.72 Å². The zero-order chi connectivity index (χ0) is 13.1. The van der Waals surface area contributed by atoms with E-state index in [1.54, 1.807) is 19.9 Å². The zero-order valence-corrected chi connectivity index (χ0v) is 10.9. The molecule has 5 nitrogen and oxygen atoms in total. The van der Waals surface area contributed by atoms with Gasteiger partial charge in [0.05, 0.1) is 18.6 Å². The van der Waals surface area contributed by atoms with Gasteiger partial charge >= 0.3 is 0 Å². The molecular weight excluding hydrogens is 242 g/mol. The van der Waals surface area contributed by atoms with Crippen LogP contribution in [0.4, 0.5) is 0 Å². The van der Waals surface area contributed by atoms with Crippen LogP contribution in [-0.4, -0.2) is 33.3 Å². The van der Waals surface area contributed by atoms with E-state index in [4.69, 9.17) is 9.84 Å². The van der Waals surface area contributed by atoms with E-state index in [9.17, 15) is 8.42 Å². The Morgan fingerprint density at radius 1 is 1.47 bits per heavy atom. The first-order valence-electron chi connectivity index (χ1n) is 5.18. The van der Waals surface area contributed by atoms with Crippen LogP contribution in [0.5, 0.6) is 5.75 Å². The Hall–Kier alpha value is -1.11. The standard InChI is InChI=1S/C11H17NO4S/c1-8-6-10(4-5-11(8)16-3)17(14,15)12-9(2)7-13/h4-6,9,12-13H,7H2,1-3H3/t9-/m1/s1. The van der Waals surface area contributed by atoms with Crippen LogP contribution in [0, 0.1) is 6.92 Å². The molecule has 96 valence electrons. The van der Waals surface area contributed by atoms with E-state index in [0.29, 0.717) is 5.75 Å². The summed E-state index contributed by atoms with van der Waals surface area (Å²) in [6.45, 7) is 3.12. The van der Waals surface area contributed by atoms with Crippen molar-refractivity contribution < 1.29 is 18.3 Å². The van der Waals surface area contributed by atoms with Crippen molar-refractivity contribution >= 4 is 10.0 Å². The van der Waals surface area contributed by atoms with Crippen LogP contribution in [0.15, 0.2) is 23.1 Å². The second-order valence-corrected chi connectivity index (χ2v) is 5.55. The Morgan fingerprint density at radius 2 is 2.12 bits per heavy atom. The number of methoxy groups -OCH3 is 1. The predicted octanol–water partition coefficient (Wildman–Crippen LogP) is 0.663. The van der Waals surface area contributed by atoms with Crippen molar-refractivity contribution in [2.75, 3.05) is 13.7 Å². The number of nitrogens with one attached hydrogen (secondary N) is 1. The molecule has 0 aromatic heterocycles. The second-order valence-electron chi connectivity index (χ2n) is 3.84. The molecule has 1 atom stereocenters. The van der Waals surface area contributed by atoms with Gasteiger partial charge in [-0.2, -0.15) is 0 Å². The quantitative estimate of drug-likeness (QED) is 0.814. The molecule has 1 aromatic rings. The number of rotatable bonds is 5. The average molecular weight is 259 g/mol. The Morgan fingerprint density at radius 3 is 2.59 bits per heavy atom. The maximum atomic E-state index is 11.9. The molecule has 0 saturated heterocycles. The van der Waals surface area contributed by atoms with Crippen LogP contribution < -0.4 is 9.46 Å². The van der Waals surface area contributed by atoms with Crippen LogP contribution in [0.1, 0.15) is 12.5 Å². The van der Waals surface area contributed by atoms with E-state index in [0.717, 1.165) is 5.56 Å². The minimum atomic E-state index is -3.58. The van der Waals surface area contributed by atoms with Crippen molar-refractivity contribution in [2.24, 2.45) is 0 Å². The lowest BCUT2D eigenvalue weighted by Gasteiger charge is -2.12. The molecule has 0 fully saturated rings. The van der Waals surface area contributed by atoms with E-state index in [-0.39, 0.29) is 11.5 Å². The molecule has 2 N–H and O–H groups in total. The predicted molar refractivity (Wildman–Crippen MR) is 64.6 cm³/mol. The molecule has 0 aliphatic rings. The van der Waals surface area contributed by atoms with Gasteiger partial charge in [-0.3, -0.25) is 0 Å². The largest absolute Gasteiger partial charge is 0.496 e. The Labute approximate surface area is 101 Å². The number of ether oxygens (including phenoxy) is 1. The van der Waals surface area contributed by atoms with E-state index in [1.807, 2.05) is 0 Å². The first-order chi connectivity index (χ1) is 7.90. The van der Waals surface area contributed by atoms with E-state index in [2.05, 4.69) is 4.72 Å². The van der Waals surface area contributed by atoms with Gasteiger partial charge < -0.3 is 9.84 Å². The van der Waals surface area contributed by atoms with E-state index in [1.165, 1.54) is 19.2 Å². The summed E-state index contributed by atoms with van der Waals surface area (Å²) in [6, 6.07) is 4.10. The van der Waals surface area contributed by atoms with E-state index >= 15 is 0 Å². The number of benzene rings is 1. The molecule has 1 rings (SSSR count). The minimum Gasteiger partial charge on any atom is -0.496 e. The van der Waals surface area contributed by atoms with Crippen LogP contribution in [0.3, 0.4) is 0 Å². The molecule has 0 bridgehead atoms. The molecule has 0 heterocycles. The molecule has 0 unspecified atom stereocenters. The number of hydrogen-bond acceptors (Lipinski definition) is 4. The number of aryl methyl sites for hydroxylation is 1. The molecule has 0 amide bonds. The highest BCUT2D eigenvalue weighted by atomic mass is 32.2. The number of hydrogen-bond donors (Lipinski definition) is 2. The van der Waals surface area contributed by atoms with Gasteiger partial charge in [0.1, 0.15) is 5.75 Å². The van der Waals surface area contributed by atoms with Crippen LogP contribution in [-0.2, 0) is 10.0 Å². The third-order valence-electron chi connectivity index (χ3n) is 2.31. The molecule has 0 aliphatic heterocycles. The molecule has 0 radical (unpaired) electrons. The highest BCUT2D eigenvalue weighted by molar-refractivity contribution is 7.89. The van der Waals surface area contributed by atoms with Crippen molar-refractivity contribution in [3.05, 3.63) is 23.8 Å². The maximum Gasteiger partial charge on any atom is 0.240 e. The highest BCUT2D eigenvalue weighted by Gasteiger charge is 2.17. The lowest BCUT2D eigenvalue weighted by atomic mass is 10.2. The fraction of sp³-hybridized carbons (Fsp3) is 0.455. The van der Waals surface area contributed by atoms with Gasteiger partial charge in [-0.05, 0) is 37.6 Å². The third kappa shape index (κ3) is 3.42. The summed E-state index contributed by atoms with van der Waals surface area (Å²) in [6.07, 6.45) is 0. The molecule has 0 saturated carbocycles. The number of sulfonamides is 1. The minimum absolute atomic E-state index is 0.163. The Bertz CT molecular complexity index is 484. The van der Waals surface area contributed by atoms with Gasteiger partial charge in [-0.15, -0.1) is 0 Å². The summed E-state index contributed by atoms with van der Waals surface area (Å²) >= 11 is 0. The number of aliphatic hydroxyl groups excluding tert-OH is 1. The normalized spacial score (nSPS) is 13.4. The fourth-order valence-electron chi connectivity index (χ4n) is 1.39. The van der Waals surface area contributed by atoms with E-state index < -0.39 is 16.1 Å². The summed E-state index contributed by atoms with van der Waals surface area (Å²) in [4.78, 5) is 0.163. The van der Waals surface area contributed by atoms with Gasteiger partial charge in [-0.1, -0.05) is 0 Å². The summed E-state index contributed by atoms with van der Waals surface area (Å²) in [5, 5.41) is 8.83. The molecule has 1 aromatic carbocycles. The first kappa shape index (κ1) is 14.0. The molecular formula is C11H17NO4S. The van der Waals surface area contributed by atoms with Crippen LogP contribution in [0.2, 0.25) is 0 Å². The van der Waals surface area contributed by atoms with Gasteiger partial charge in [0.2, 0.25) is 10.0 Å². The Kier molecular flexibility index (Phi) is 4.50. The average Bonchev–Trinajstić information content (AvgIpc) is 2.28. The van der Waals surface area contributed by atoms with Gasteiger partial charge in [0.25, 0.3) is 0 Å². The number of aliphatic hydroxyl groups is 1. The van der Waals surface area contributed by atoms with Crippen molar-refractivity contribution in [3.8, 4) is 5.75 Å². The first-order valence-corrected chi connectivity index (χ1v) is 6.67. The smallest absolute Gasteiger partial charge is 0.240 e. The SMILES string of the molecule is COc1ccc(S(=O)(=O)N[C@H](C)CO)cc1C. The lowest BCUT2D eigenvalue weighted by Crippen LogP contribution is -2.35. The summed E-state index contributed by atoms with van der Waals surface area (Å²) in [5.74, 6) is 0.638. The monoisotopic (exact) mass is 259 g/mol. The third-order valence-corrected chi connectivity index (χ3v) is 3.89. The van der Waals surface area contributed by atoms with Gasteiger partial charge in [-0.25, -0.2) is 13.1 Å². The summed E-state index contributed by atoms with van der Waals surface area (Å²) in [7, 11) is -2.05. The molecule has 0 spiro atoms. The van der Waals surface area contributed by atoms with Gasteiger partial charge in [0, 0.05) is 6.04 Å². The van der Waals surface area contributed by atoms with Crippen LogP contribution >= 0.6 is 0 Å². The molecule has 17 heavy (non-hydrogen) atoms. The molecule has 0 aliphatic carbocycles. The maximum absolute atomic E-state index is 11.9. The van der Waals surface area contributed by atoms with Crippen molar-refractivity contribution in [3.63, 3.8) is 0 Å². The van der Waals surface area contributed by atoms with Crippen LogP contribution in [0.25, 0.3) is 0 Å².